The number of hydrogen-bond donors (Lipinski definition) is 1. The van der Waals surface area contributed by atoms with Gasteiger partial charge >= 0.3 is 6.01 Å². The molecule has 6 nitrogen and oxygen atoms in total. The van der Waals surface area contributed by atoms with Crippen molar-refractivity contribution >= 4 is 28.5 Å². The molecule has 31 heavy (non-hydrogen) atoms. The zero-order chi connectivity index (χ0) is 21.2. The lowest BCUT2D eigenvalue weighted by Crippen LogP contribution is -2.36. The molecule has 1 N–H and O–H groups in total. The summed E-state index contributed by atoms with van der Waals surface area (Å²) in [6.07, 6.45) is 5.45. The molecule has 1 aliphatic rings. The van der Waals surface area contributed by atoms with Gasteiger partial charge in [-0.05, 0) is 36.4 Å². The molecular weight excluding hydrogens is 412 g/mol. The minimum absolute atomic E-state index is 0.326. The first-order valence-electron chi connectivity index (χ1n) is 9.93. The molecular formula is C24H19ClN4O2. The van der Waals surface area contributed by atoms with Crippen molar-refractivity contribution in [3.05, 3.63) is 65.2 Å². The summed E-state index contributed by atoms with van der Waals surface area (Å²) in [5, 5.41) is 0.538. The maximum absolute atomic E-state index is 6.54. The number of imidazole rings is 1. The predicted molar refractivity (Wildman–Crippen MR) is 122 cm³/mol. The maximum atomic E-state index is 6.54. The monoisotopic (exact) mass is 430 g/mol. The van der Waals surface area contributed by atoms with Crippen LogP contribution in [-0.2, 0) is 4.74 Å². The van der Waals surface area contributed by atoms with Crippen molar-refractivity contribution in [2.45, 2.75) is 0 Å². The molecule has 2 aromatic heterocycles. The Hall–Kier alpha value is -3.53. The van der Waals surface area contributed by atoms with Crippen molar-refractivity contribution in [2.75, 3.05) is 31.2 Å². The van der Waals surface area contributed by atoms with Crippen molar-refractivity contribution in [3.63, 3.8) is 0 Å². The number of hydrogen-bond acceptors (Lipinski definition) is 5. The average molecular weight is 431 g/mol. The summed E-state index contributed by atoms with van der Waals surface area (Å²) in [5.41, 5.74) is 4.72. The largest absolute Gasteiger partial charge is 0.426 e. The number of nitrogens with one attached hydrogen (secondary N) is 1. The highest BCUT2D eigenvalue weighted by atomic mass is 35.5. The smallest absolute Gasteiger partial charge is 0.301 e. The molecule has 0 radical (unpaired) electrons. The number of nitrogens with zero attached hydrogens (tertiary/aromatic N) is 3. The molecule has 1 fully saturated rings. The highest BCUT2D eigenvalue weighted by Crippen LogP contribution is 2.31. The van der Waals surface area contributed by atoms with Crippen LogP contribution in [0.5, 0.6) is 11.8 Å². The molecule has 1 aliphatic heterocycles. The fourth-order valence-corrected chi connectivity index (χ4v) is 3.82. The number of aromatic nitrogens is 3. The Labute approximate surface area is 184 Å². The fourth-order valence-electron chi connectivity index (χ4n) is 3.56. The second kappa shape index (κ2) is 8.31. The van der Waals surface area contributed by atoms with Gasteiger partial charge in [-0.25, -0.2) is 4.98 Å². The Morgan fingerprint density at radius 3 is 2.65 bits per heavy atom. The van der Waals surface area contributed by atoms with E-state index in [2.05, 4.69) is 37.9 Å². The van der Waals surface area contributed by atoms with Crippen LogP contribution in [0.15, 0.2) is 54.6 Å². The van der Waals surface area contributed by atoms with E-state index >= 15 is 0 Å². The van der Waals surface area contributed by atoms with Gasteiger partial charge in [-0.15, -0.1) is 6.42 Å². The molecule has 0 unspecified atom stereocenters. The molecule has 2 aromatic carbocycles. The molecule has 0 bridgehead atoms. The van der Waals surface area contributed by atoms with Gasteiger partial charge in [0, 0.05) is 29.9 Å². The van der Waals surface area contributed by atoms with E-state index in [0.29, 0.717) is 33.6 Å². The number of terminal acetylenes is 1. The van der Waals surface area contributed by atoms with Crippen LogP contribution in [0, 0.1) is 12.3 Å². The molecule has 154 valence electrons. The molecule has 0 aliphatic carbocycles. The minimum Gasteiger partial charge on any atom is -0.426 e. The highest BCUT2D eigenvalue weighted by Gasteiger charge is 2.14. The third-order valence-electron chi connectivity index (χ3n) is 5.14. The molecule has 4 aromatic rings. The third-order valence-corrected chi connectivity index (χ3v) is 5.43. The summed E-state index contributed by atoms with van der Waals surface area (Å²) in [6.45, 7) is 3.29. The van der Waals surface area contributed by atoms with Gasteiger partial charge in [0.15, 0.2) is 5.65 Å². The zero-order valence-corrected chi connectivity index (χ0v) is 17.4. The van der Waals surface area contributed by atoms with Crippen molar-refractivity contribution in [1.29, 1.82) is 0 Å². The second-order valence-corrected chi connectivity index (χ2v) is 7.56. The highest BCUT2D eigenvalue weighted by molar-refractivity contribution is 6.33. The second-order valence-electron chi connectivity index (χ2n) is 7.15. The normalized spacial score (nSPS) is 13.9. The summed E-state index contributed by atoms with van der Waals surface area (Å²) in [4.78, 5) is 14.5. The van der Waals surface area contributed by atoms with Crippen LogP contribution in [0.1, 0.15) is 5.56 Å². The van der Waals surface area contributed by atoms with Crippen molar-refractivity contribution in [3.8, 4) is 35.4 Å². The molecule has 0 spiro atoms. The van der Waals surface area contributed by atoms with Crippen LogP contribution in [0.4, 0.5) is 5.69 Å². The van der Waals surface area contributed by atoms with E-state index < -0.39 is 0 Å². The number of morpholine rings is 1. The average Bonchev–Trinajstić information content (AvgIpc) is 3.20. The van der Waals surface area contributed by atoms with Crippen LogP contribution in [-0.4, -0.2) is 41.3 Å². The van der Waals surface area contributed by atoms with E-state index in [9.17, 15) is 0 Å². The first-order valence-corrected chi connectivity index (χ1v) is 10.3. The predicted octanol–water partition coefficient (Wildman–Crippen LogP) is 4.89. The van der Waals surface area contributed by atoms with Gasteiger partial charge in [0.25, 0.3) is 0 Å². The lowest BCUT2D eigenvalue weighted by molar-refractivity contribution is 0.122. The maximum Gasteiger partial charge on any atom is 0.301 e. The number of H-pyrrole nitrogens is 1. The van der Waals surface area contributed by atoms with Gasteiger partial charge in [-0.2, -0.15) is 4.98 Å². The summed E-state index contributed by atoms with van der Waals surface area (Å²) in [5.74, 6) is 3.18. The van der Waals surface area contributed by atoms with Crippen molar-refractivity contribution in [2.24, 2.45) is 0 Å². The molecule has 7 heteroatoms. The Kier molecular flexibility index (Phi) is 5.21. The lowest BCUT2D eigenvalue weighted by Gasteiger charge is -2.28. The van der Waals surface area contributed by atoms with Gasteiger partial charge in [0.1, 0.15) is 5.75 Å². The van der Waals surface area contributed by atoms with E-state index in [1.165, 1.54) is 0 Å². The Morgan fingerprint density at radius 2 is 1.87 bits per heavy atom. The Morgan fingerprint density at radius 1 is 1.06 bits per heavy atom. The number of benzene rings is 2. The SMILES string of the molecule is C#Cc1cccc(Oc2nc3nc(-c4ccc(N5CCOCC5)cc4)c(Cl)cc3[nH]2)c1. The molecule has 1 saturated heterocycles. The third kappa shape index (κ3) is 4.06. The first kappa shape index (κ1) is 19.4. The summed E-state index contributed by atoms with van der Waals surface area (Å²) < 4.78 is 11.2. The van der Waals surface area contributed by atoms with Crippen LogP contribution in [0.2, 0.25) is 5.02 Å². The molecule has 0 atom stereocenters. The van der Waals surface area contributed by atoms with Crippen LogP contribution >= 0.6 is 11.6 Å². The molecule has 5 rings (SSSR count). The van der Waals surface area contributed by atoms with Gasteiger partial charge in [0.2, 0.25) is 0 Å². The molecule has 0 amide bonds. The van der Waals surface area contributed by atoms with Crippen LogP contribution in [0.3, 0.4) is 0 Å². The summed E-state index contributed by atoms with van der Waals surface area (Å²) >= 11 is 6.54. The van der Waals surface area contributed by atoms with E-state index in [0.717, 1.165) is 43.1 Å². The number of anilines is 1. The quantitative estimate of drug-likeness (QED) is 0.467. The van der Waals surface area contributed by atoms with Crippen molar-refractivity contribution in [1.82, 2.24) is 15.0 Å². The van der Waals surface area contributed by atoms with Gasteiger partial charge in [-0.3, -0.25) is 0 Å². The Balaban J connectivity index is 1.42. The zero-order valence-electron chi connectivity index (χ0n) is 16.6. The fraction of sp³-hybridized carbons (Fsp3) is 0.167. The standard InChI is InChI=1S/C24H19ClN4O2/c1-2-16-4-3-5-19(14-16)31-24-26-21-15-20(25)22(27-23(21)28-24)17-6-8-18(9-7-17)29-10-12-30-13-11-29/h1,3-9,14-15H,10-13H2,(H,26,27,28). The van der Waals surface area contributed by atoms with E-state index in [1.54, 1.807) is 6.07 Å². The first-order chi connectivity index (χ1) is 15.2. The number of pyridine rings is 1. The topological polar surface area (TPSA) is 63.3 Å². The summed E-state index contributed by atoms with van der Waals surface area (Å²) in [6, 6.07) is 17.6. The van der Waals surface area contributed by atoms with Gasteiger partial charge < -0.3 is 19.4 Å². The number of halogens is 1. The van der Waals surface area contributed by atoms with Crippen LogP contribution in [0.25, 0.3) is 22.4 Å². The molecule has 3 heterocycles. The van der Waals surface area contributed by atoms with Gasteiger partial charge in [0.05, 0.1) is 29.4 Å². The number of rotatable bonds is 4. The minimum atomic E-state index is 0.326. The van der Waals surface area contributed by atoms with E-state index in [-0.39, 0.29) is 0 Å². The number of ether oxygens (including phenoxy) is 2. The Bertz CT molecular complexity index is 1270. The van der Waals surface area contributed by atoms with Gasteiger partial charge in [-0.1, -0.05) is 35.7 Å². The number of fused-ring (bicyclic) bond motifs is 1. The van der Waals surface area contributed by atoms with E-state index in [1.807, 2.05) is 36.4 Å². The summed E-state index contributed by atoms with van der Waals surface area (Å²) in [7, 11) is 0. The van der Waals surface area contributed by atoms with Crippen LogP contribution < -0.4 is 9.64 Å². The van der Waals surface area contributed by atoms with Crippen molar-refractivity contribution < 1.29 is 9.47 Å². The lowest BCUT2D eigenvalue weighted by atomic mass is 10.1. The molecule has 0 saturated carbocycles. The van der Waals surface area contributed by atoms with E-state index in [4.69, 9.17) is 27.5 Å². The number of aromatic amines is 1.